The van der Waals surface area contributed by atoms with Crippen molar-refractivity contribution in [2.75, 3.05) is 20.8 Å². The first-order valence-corrected chi connectivity index (χ1v) is 12.6. The van der Waals surface area contributed by atoms with Crippen LogP contribution in [-0.2, 0) is 9.59 Å². The lowest BCUT2D eigenvalue weighted by Gasteiger charge is -2.42. The van der Waals surface area contributed by atoms with E-state index in [0.717, 1.165) is 66.6 Å². The van der Waals surface area contributed by atoms with E-state index in [0.29, 0.717) is 36.0 Å². The second-order valence-corrected chi connectivity index (χ2v) is 9.62. The predicted molar refractivity (Wildman–Crippen MR) is 130 cm³/mol. The first kappa shape index (κ1) is 23.9. The summed E-state index contributed by atoms with van der Waals surface area (Å²) in [5.74, 6) is 0.939. The van der Waals surface area contributed by atoms with Crippen LogP contribution in [0.3, 0.4) is 0 Å². The number of hydrogen-bond acceptors (Lipinski definition) is 5. The van der Waals surface area contributed by atoms with Crippen LogP contribution in [-0.4, -0.2) is 37.2 Å². The molecule has 0 saturated heterocycles. The largest absolute Gasteiger partial charge is 0.493 e. The summed E-state index contributed by atoms with van der Waals surface area (Å²) < 4.78 is 11.7. The highest BCUT2D eigenvalue weighted by Gasteiger charge is 2.42. The number of ketones is 2. The standard InChI is InChI=1S/C27H34ClNO4/c1-4-5-6-7-14-33-27-18(28)15-17(16-23(27)32-3)24-25-19(10-8-12-21(25)30)29(2)20-11-9-13-22(31)26(20)24/h15-16,24H,4-14H2,1-3H3. The van der Waals surface area contributed by atoms with Crippen LogP contribution in [0.25, 0.3) is 0 Å². The van der Waals surface area contributed by atoms with Gasteiger partial charge in [-0.2, -0.15) is 0 Å². The zero-order chi connectivity index (χ0) is 23.5. The van der Waals surface area contributed by atoms with Gasteiger partial charge in [0.2, 0.25) is 0 Å². The highest BCUT2D eigenvalue weighted by Crippen LogP contribution is 2.50. The molecule has 1 aliphatic heterocycles. The van der Waals surface area contributed by atoms with Crippen LogP contribution in [0.1, 0.15) is 82.6 Å². The molecule has 0 amide bonds. The molecule has 6 heteroatoms. The molecule has 0 radical (unpaired) electrons. The zero-order valence-corrected chi connectivity index (χ0v) is 20.7. The van der Waals surface area contributed by atoms with E-state index in [2.05, 4.69) is 11.8 Å². The molecule has 0 unspecified atom stereocenters. The molecule has 0 aromatic heterocycles. The topological polar surface area (TPSA) is 55.8 Å². The maximum absolute atomic E-state index is 13.2. The second-order valence-electron chi connectivity index (χ2n) is 9.21. The molecule has 0 fully saturated rings. The molecule has 0 spiro atoms. The molecule has 1 heterocycles. The van der Waals surface area contributed by atoms with E-state index in [1.54, 1.807) is 7.11 Å². The Morgan fingerprint density at radius 1 is 0.970 bits per heavy atom. The summed E-state index contributed by atoms with van der Waals surface area (Å²) in [4.78, 5) is 28.4. The maximum Gasteiger partial charge on any atom is 0.179 e. The van der Waals surface area contributed by atoms with Crippen LogP contribution in [0, 0.1) is 0 Å². The number of benzene rings is 1. The zero-order valence-electron chi connectivity index (χ0n) is 20.0. The second kappa shape index (κ2) is 10.3. The molecule has 3 aliphatic rings. The molecular weight excluding hydrogens is 438 g/mol. The van der Waals surface area contributed by atoms with E-state index in [9.17, 15) is 9.59 Å². The number of unbranched alkanes of at least 4 members (excludes halogenated alkanes) is 3. The lowest BCUT2D eigenvalue weighted by atomic mass is 9.71. The monoisotopic (exact) mass is 471 g/mol. The average Bonchev–Trinajstić information content (AvgIpc) is 2.81. The van der Waals surface area contributed by atoms with Gasteiger partial charge in [0.1, 0.15) is 0 Å². The van der Waals surface area contributed by atoms with Crippen molar-refractivity contribution in [3.05, 3.63) is 45.3 Å². The van der Waals surface area contributed by atoms with Gasteiger partial charge in [0.15, 0.2) is 23.1 Å². The summed E-state index contributed by atoms with van der Waals surface area (Å²) in [6.45, 7) is 2.75. The molecule has 0 bridgehead atoms. The third-order valence-corrected chi connectivity index (χ3v) is 7.35. The Morgan fingerprint density at radius 3 is 2.18 bits per heavy atom. The third-order valence-electron chi connectivity index (χ3n) is 7.07. The van der Waals surface area contributed by atoms with E-state index < -0.39 is 5.92 Å². The number of halogens is 1. The number of allylic oxidation sites excluding steroid dienone is 4. The molecule has 5 nitrogen and oxygen atoms in total. The smallest absolute Gasteiger partial charge is 0.179 e. The van der Waals surface area contributed by atoms with Crippen molar-refractivity contribution >= 4 is 23.2 Å². The number of rotatable bonds is 8. The molecule has 33 heavy (non-hydrogen) atoms. The van der Waals surface area contributed by atoms with E-state index >= 15 is 0 Å². The summed E-state index contributed by atoms with van der Waals surface area (Å²) in [7, 11) is 3.60. The summed E-state index contributed by atoms with van der Waals surface area (Å²) >= 11 is 6.71. The van der Waals surface area contributed by atoms with Gasteiger partial charge in [0.25, 0.3) is 0 Å². The summed E-state index contributed by atoms with van der Waals surface area (Å²) in [6, 6.07) is 3.77. The van der Waals surface area contributed by atoms with E-state index in [1.807, 2.05) is 19.2 Å². The average molecular weight is 472 g/mol. The fourth-order valence-electron chi connectivity index (χ4n) is 5.44. The minimum absolute atomic E-state index is 0.129. The quantitative estimate of drug-likeness (QED) is 0.413. The molecule has 1 aromatic carbocycles. The number of hydrogen-bond donors (Lipinski definition) is 0. The Bertz CT molecular complexity index is 966. The minimum atomic E-state index is -0.392. The van der Waals surface area contributed by atoms with E-state index in [4.69, 9.17) is 21.1 Å². The molecule has 0 atom stereocenters. The number of carbonyl (C=O) groups excluding carboxylic acids is 2. The molecule has 1 aromatic rings. The fourth-order valence-corrected chi connectivity index (χ4v) is 5.71. The SMILES string of the molecule is CCCCCCOc1c(Cl)cc(C2C3=C(CCCC3=O)N(C)C3=C2C(=O)CCC3)cc1OC. The van der Waals surface area contributed by atoms with Gasteiger partial charge in [-0.05, 0) is 49.8 Å². The van der Waals surface area contributed by atoms with Crippen molar-refractivity contribution in [1.29, 1.82) is 0 Å². The Labute approximate surface area is 201 Å². The summed E-state index contributed by atoms with van der Waals surface area (Å²) in [6.07, 6.45) is 8.85. The van der Waals surface area contributed by atoms with Crippen molar-refractivity contribution in [1.82, 2.24) is 4.90 Å². The predicted octanol–water partition coefficient (Wildman–Crippen LogP) is 6.35. The fraction of sp³-hybridized carbons (Fsp3) is 0.556. The van der Waals surface area contributed by atoms with Crippen molar-refractivity contribution in [3.63, 3.8) is 0 Å². The summed E-state index contributed by atoms with van der Waals surface area (Å²) in [5.41, 5.74) is 4.44. The van der Waals surface area contributed by atoms with Gasteiger partial charge in [-0.1, -0.05) is 37.8 Å². The van der Waals surface area contributed by atoms with Gasteiger partial charge >= 0.3 is 0 Å². The van der Waals surface area contributed by atoms with Gasteiger partial charge in [0, 0.05) is 48.3 Å². The Balaban J connectivity index is 1.76. The van der Waals surface area contributed by atoms with Crippen LogP contribution < -0.4 is 9.47 Å². The van der Waals surface area contributed by atoms with Crippen LogP contribution in [0.4, 0.5) is 0 Å². The Kier molecular flexibility index (Phi) is 7.48. The number of carbonyl (C=O) groups is 2. The lowest BCUT2D eigenvalue weighted by molar-refractivity contribution is -0.117. The van der Waals surface area contributed by atoms with Crippen molar-refractivity contribution < 1.29 is 19.1 Å². The summed E-state index contributed by atoms with van der Waals surface area (Å²) in [5, 5.41) is 0.453. The van der Waals surface area contributed by atoms with Crippen molar-refractivity contribution in [2.45, 2.75) is 77.0 Å². The van der Waals surface area contributed by atoms with Crippen molar-refractivity contribution in [3.8, 4) is 11.5 Å². The van der Waals surface area contributed by atoms with Crippen LogP contribution in [0.15, 0.2) is 34.7 Å². The number of nitrogens with zero attached hydrogens (tertiary/aromatic N) is 1. The highest BCUT2D eigenvalue weighted by molar-refractivity contribution is 6.32. The maximum atomic E-state index is 13.2. The van der Waals surface area contributed by atoms with Crippen LogP contribution in [0.5, 0.6) is 11.5 Å². The van der Waals surface area contributed by atoms with Gasteiger partial charge < -0.3 is 14.4 Å². The van der Waals surface area contributed by atoms with Crippen molar-refractivity contribution in [2.24, 2.45) is 0 Å². The minimum Gasteiger partial charge on any atom is -0.493 e. The number of ether oxygens (including phenoxy) is 2. The molecule has 0 saturated carbocycles. The molecule has 4 rings (SSSR count). The normalized spacial score (nSPS) is 19.1. The van der Waals surface area contributed by atoms with E-state index in [1.165, 1.54) is 12.8 Å². The van der Waals surface area contributed by atoms with Gasteiger partial charge in [0.05, 0.1) is 18.7 Å². The van der Waals surface area contributed by atoms with E-state index in [-0.39, 0.29) is 11.6 Å². The first-order chi connectivity index (χ1) is 16.0. The van der Waals surface area contributed by atoms with Crippen LogP contribution in [0.2, 0.25) is 5.02 Å². The van der Waals surface area contributed by atoms with Gasteiger partial charge in [-0.15, -0.1) is 0 Å². The molecule has 178 valence electrons. The van der Waals surface area contributed by atoms with Gasteiger partial charge in [-0.3, -0.25) is 9.59 Å². The Hall–Kier alpha value is -2.27. The highest BCUT2D eigenvalue weighted by atomic mass is 35.5. The molecular formula is C27H34ClNO4. The van der Waals surface area contributed by atoms with Gasteiger partial charge in [-0.25, -0.2) is 0 Å². The van der Waals surface area contributed by atoms with Crippen LogP contribution >= 0.6 is 11.6 Å². The first-order valence-electron chi connectivity index (χ1n) is 12.2. The number of methoxy groups -OCH3 is 1. The Morgan fingerprint density at radius 2 is 1.61 bits per heavy atom. The molecule has 0 N–H and O–H groups in total. The number of Topliss-reactive ketones (excluding diaryl/α,β-unsaturated/α-hetero) is 2. The third kappa shape index (κ3) is 4.57. The molecule has 2 aliphatic carbocycles. The lowest BCUT2D eigenvalue weighted by Crippen LogP contribution is -2.37.